The number of aromatic hydroxyl groups is 2. The van der Waals surface area contributed by atoms with Crippen molar-refractivity contribution in [2.45, 2.75) is 59.5 Å². The fourth-order valence-corrected chi connectivity index (χ4v) is 2.71. The Morgan fingerprint density at radius 1 is 1.12 bits per heavy atom. The Bertz CT molecular complexity index is 907. The summed E-state index contributed by atoms with van der Waals surface area (Å²) in [5, 5.41) is 17.8. The third-order valence-corrected chi connectivity index (χ3v) is 4.69. The highest BCUT2D eigenvalue weighted by atomic mass is 19.1. The Morgan fingerprint density at radius 3 is 2.18 bits per heavy atom. The van der Waals surface area contributed by atoms with Gasteiger partial charge in [0.15, 0.2) is 28.8 Å². The summed E-state index contributed by atoms with van der Waals surface area (Å²) >= 11 is 0. The van der Waals surface area contributed by atoms with Gasteiger partial charge >= 0.3 is 5.97 Å². The van der Waals surface area contributed by atoms with Crippen molar-refractivity contribution in [3.8, 4) is 17.2 Å². The fourth-order valence-electron chi connectivity index (χ4n) is 2.71. The molecule has 2 aromatic rings. The van der Waals surface area contributed by atoms with E-state index in [-0.39, 0.29) is 29.3 Å². The van der Waals surface area contributed by atoms with Crippen molar-refractivity contribution in [3.63, 3.8) is 0 Å². The van der Waals surface area contributed by atoms with E-state index < -0.39 is 23.3 Å². The van der Waals surface area contributed by atoms with Gasteiger partial charge in [-0.2, -0.15) is 0 Å². The minimum absolute atomic E-state index is 0.0809. The van der Waals surface area contributed by atoms with Crippen LogP contribution in [0.5, 0.6) is 17.2 Å². The number of ether oxygens (including phenoxy) is 2. The maximum atomic E-state index is 12.1. The van der Waals surface area contributed by atoms with Crippen LogP contribution in [-0.4, -0.2) is 40.3 Å². The molecular weight excluding hydrogens is 450 g/mol. The monoisotopic (exact) mass is 484 g/mol. The van der Waals surface area contributed by atoms with Crippen LogP contribution in [0.3, 0.4) is 0 Å². The second-order valence-corrected chi connectivity index (χ2v) is 7.24. The van der Waals surface area contributed by atoms with Gasteiger partial charge in [-0.15, -0.1) is 0 Å². The zero-order chi connectivity index (χ0) is 26.3. The Labute approximate surface area is 198 Å². The van der Waals surface area contributed by atoms with Crippen molar-refractivity contribution in [1.29, 1.82) is 0 Å². The molecule has 0 saturated carbocycles. The molecular formula is C24H34F2N2O6. The van der Waals surface area contributed by atoms with Gasteiger partial charge in [-0.25, -0.2) is 13.8 Å². The highest BCUT2D eigenvalue weighted by Gasteiger charge is 2.13. The molecule has 1 aromatic carbocycles. The zero-order valence-corrected chi connectivity index (χ0v) is 20.2. The second-order valence-electron chi connectivity index (χ2n) is 7.24. The molecule has 1 aromatic heterocycles. The van der Waals surface area contributed by atoms with E-state index in [1.165, 1.54) is 32.2 Å². The first-order chi connectivity index (χ1) is 16.0. The quantitative estimate of drug-likeness (QED) is 0.462. The van der Waals surface area contributed by atoms with E-state index >= 15 is 0 Å². The van der Waals surface area contributed by atoms with E-state index in [0.717, 1.165) is 24.6 Å². The molecule has 1 atom stereocenters. The fraction of sp³-hybridized carbons (Fsp3) is 0.458. The Hall–Kier alpha value is -3.43. The predicted octanol–water partition coefficient (Wildman–Crippen LogP) is 4.72. The van der Waals surface area contributed by atoms with Gasteiger partial charge in [-0.3, -0.25) is 9.59 Å². The van der Waals surface area contributed by atoms with Crippen molar-refractivity contribution >= 4 is 11.9 Å². The van der Waals surface area contributed by atoms with Crippen LogP contribution < -0.4 is 10.5 Å². The van der Waals surface area contributed by atoms with Gasteiger partial charge in [-0.1, -0.05) is 33.6 Å². The number of methoxy groups -OCH3 is 1. The molecule has 1 amide bonds. The number of nitrogens with zero attached hydrogens (tertiary/aromatic N) is 1. The van der Waals surface area contributed by atoms with Gasteiger partial charge in [0.25, 0.3) is 5.91 Å². The van der Waals surface area contributed by atoms with Crippen LogP contribution >= 0.6 is 0 Å². The lowest BCUT2D eigenvalue weighted by molar-refractivity contribution is -0.148. The number of nitrogens with two attached hydrogens (primary N) is 1. The predicted molar refractivity (Wildman–Crippen MR) is 124 cm³/mol. The van der Waals surface area contributed by atoms with Crippen LogP contribution in [-0.2, 0) is 9.53 Å². The van der Waals surface area contributed by atoms with E-state index in [9.17, 15) is 23.5 Å². The highest BCUT2D eigenvalue weighted by molar-refractivity contribution is 5.94. The number of phenols is 1. The number of esters is 1. The van der Waals surface area contributed by atoms with E-state index in [4.69, 9.17) is 20.3 Å². The molecule has 8 nitrogen and oxygen atoms in total. The number of halogens is 2. The lowest BCUT2D eigenvalue weighted by Gasteiger charge is -2.18. The number of amides is 1. The summed E-state index contributed by atoms with van der Waals surface area (Å²) in [6.45, 7) is 8.17. The number of hydrogen-bond acceptors (Lipinski definition) is 7. The summed E-state index contributed by atoms with van der Waals surface area (Å²) in [6.07, 6.45) is 5.23. The number of carbonyl (C=O) groups excluding carboxylic acids is 2. The molecule has 0 spiro atoms. The lowest BCUT2D eigenvalue weighted by atomic mass is 9.97. The largest absolute Gasteiger partial charge is 0.505 e. The number of pyridine rings is 1. The maximum absolute atomic E-state index is 12.1. The molecule has 0 aliphatic heterocycles. The summed E-state index contributed by atoms with van der Waals surface area (Å²) in [6, 6.07) is 3.96. The normalized spacial score (nSPS) is 10.8. The SMILES string of the molecule is CCC(=O)OC(C)CC(CC)CC.COc1ccnc(C(N)=O)c1O.Oc1cc(F)ccc1F. The van der Waals surface area contributed by atoms with Gasteiger partial charge in [0.05, 0.1) is 13.2 Å². The number of hydrogen-bond donors (Lipinski definition) is 3. The Kier molecular flexibility index (Phi) is 14.6. The maximum Gasteiger partial charge on any atom is 0.305 e. The molecule has 4 N–H and O–H groups in total. The van der Waals surface area contributed by atoms with E-state index in [1.54, 1.807) is 0 Å². The van der Waals surface area contributed by atoms with Gasteiger partial charge in [-0.05, 0) is 31.4 Å². The van der Waals surface area contributed by atoms with Gasteiger partial charge < -0.3 is 25.4 Å². The molecule has 190 valence electrons. The van der Waals surface area contributed by atoms with Crippen LogP contribution in [0.4, 0.5) is 8.78 Å². The minimum atomic E-state index is -0.809. The highest BCUT2D eigenvalue weighted by Crippen LogP contribution is 2.26. The minimum Gasteiger partial charge on any atom is -0.505 e. The topological polar surface area (TPSA) is 132 Å². The zero-order valence-electron chi connectivity index (χ0n) is 20.2. The van der Waals surface area contributed by atoms with Gasteiger partial charge in [0, 0.05) is 24.8 Å². The summed E-state index contributed by atoms with van der Waals surface area (Å²) < 4.78 is 34.0. The number of aromatic nitrogens is 1. The first-order valence-electron chi connectivity index (χ1n) is 10.9. The molecule has 0 bridgehead atoms. The number of primary amides is 1. The van der Waals surface area contributed by atoms with Crippen molar-refractivity contribution in [1.82, 2.24) is 4.98 Å². The molecule has 2 rings (SSSR count). The summed E-state index contributed by atoms with van der Waals surface area (Å²) in [4.78, 5) is 25.2. The second kappa shape index (κ2) is 16.2. The van der Waals surface area contributed by atoms with Crippen molar-refractivity contribution in [3.05, 3.63) is 47.8 Å². The van der Waals surface area contributed by atoms with Crippen LogP contribution in [0.1, 0.15) is 63.9 Å². The van der Waals surface area contributed by atoms with Crippen LogP contribution in [0.2, 0.25) is 0 Å². The van der Waals surface area contributed by atoms with E-state index in [2.05, 4.69) is 18.8 Å². The van der Waals surface area contributed by atoms with Crippen molar-refractivity contribution in [2.75, 3.05) is 7.11 Å². The summed E-state index contributed by atoms with van der Waals surface area (Å²) in [5.74, 6) is -2.43. The average molecular weight is 485 g/mol. The van der Waals surface area contributed by atoms with Crippen LogP contribution in [0.15, 0.2) is 30.5 Å². The molecule has 34 heavy (non-hydrogen) atoms. The summed E-state index contributed by atoms with van der Waals surface area (Å²) in [7, 11) is 1.37. The first-order valence-corrected chi connectivity index (χ1v) is 10.9. The van der Waals surface area contributed by atoms with Crippen LogP contribution in [0.25, 0.3) is 0 Å². The molecule has 10 heteroatoms. The number of carbonyl (C=O) groups is 2. The van der Waals surface area contributed by atoms with Crippen LogP contribution in [0, 0.1) is 17.6 Å². The van der Waals surface area contributed by atoms with Gasteiger partial charge in [0.1, 0.15) is 5.82 Å². The average Bonchev–Trinajstić information content (AvgIpc) is 2.80. The third-order valence-electron chi connectivity index (χ3n) is 4.69. The molecule has 0 fully saturated rings. The first kappa shape index (κ1) is 30.6. The number of benzene rings is 1. The standard InChI is InChI=1S/C11H22O2.C7H8N2O3.C6H4F2O/c1-5-10(6-2)8-9(4)13-11(12)7-3;1-12-4-2-3-9-5(6(4)10)7(8)11;7-4-1-2-5(8)6(9)3-4/h9-10H,5-8H2,1-4H3;2-3,10H,1H3,(H2,8,11);1-3,9H. The van der Waals surface area contributed by atoms with Gasteiger partial charge in [0.2, 0.25) is 0 Å². The number of phenolic OH excluding ortho intramolecular Hbond substituents is 1. The molecule has 0 saturated heterocycles. The number of rotatable bonds is 8. The molecule has 0 radical (unpaired) electrons. The van der Waals surface area contributed by atoms with E-state index in [0.29, 0.717) is 12.3 Å². The Morgan fingerprint density at radius 2 is 1.74 bits per heavy atom. The molecule has 0 aliphatic rings. The molecule has 1 unspecified atom stereocenters. The molecule has 0 aliphatic carbocycles. The molecule has 1 heterocycles. The third kappa shape index (κ3) is 11.4. The van der Waals surface area contributed by atoms with Crippen molar-refractivity contribution in [2.24, 2.45) is 11.7 Å². The van der Waals surface area contributed by atoms with E-state index in [1.807, 2.05) is 13.8 Å². The summed E-state index contributed by atoms with van der Waals surface area (Å²) in [5.41, 5.74) is 4.74. The van der Waals surface area contributed by atoms with Crippen molar-refractivity contribution < 1.29 is 38.1 Å². The lowest BCUT2D eigenvalue weighted by Crippen LogP contribution is -2.17. The smallest absolute Gasteiger partial charge is 0.305 e. The Balaban J connectivity index is 0.000000487.